The lowest BCUT2D eigenvalue weighted by Gasteiger charge is -2.20. The zero-order valence-corrected chi connectivity index (χ0v) is 12.4. The standard InChI is InChI=1S/C14H16N4OS/c1-9-11(8-17(2)16-9)14(19)18(3)12-7-5-4-6-10(12)13(15)20/h4-8H,1-3H3,(H2,15,20). The number of carbonyl (C=O) groups is 1. The van der Waals surface area contributed by atoms with Gasteiger partial charge in [-0.3, -0.25) is 9.48 Å². The first-order valence-electron chi connectivity index (χ1n) is 6.09. The molecule has 0 unspecified atom stereocenters. The molecule has 1 amide bonds. The molecular formula is C14H16N4OS. The first-order chi connectivity index (χ1) is 9.41. The molecule has 6 heteroatoms. The fraction of sp³-hybridized carbons (Fsp3) is 0.214. The topological polar surface area (TPSA) is 64.2 Å². The number of benzene rings is 1. The maximum atomic E-state index is 12.5. The Bertz CT molecular complexity index is 678. The molecule has 0 saturated carbocycles. The predicted octanol–water partition coefficient (Wildman–Crippen LogP) is 1.64. The Hall–Kier alpha value is -2.21. The van der Waals surface area contributed by atoms with E-state index in [1.165, 1.54) is 0 Å². The van der Waals surface area contributed by atoms with Crippen molar-refractivity contribution in [3.63, 3.8) is 0 Å². The van der Waals surface area contributed by atoms with Crippen LogP contribution in [-0.2, 0) is 7.05 Å². The third kappa shape index (κ3) is 2.55. The maximum Gasteiger partial charge on any atom is 0.261 e. The van der Waals surface area contributed by atoms with E-state index < -0.39 is 0 Å². The zero-order valence-electron chi connectivity index (χ0n) is 11.6. The van der Waals surface area contributed by atoms with Gasteiger partial charge in [0.25, 0.3) is 5.91 Å². The van der Waals surface area contributed by atoms with Gasteiger partial charge in [0, 0.05) is 25.9 Å². The van der Waals surface area contributed by atoms with Crippen molar-refractivity contribution in [3.8, 4) is 0 Å². The number of amides is 1. The summed E-state index contributed by atoms with van der Waals surface area (Å²) in [6.45, 7) is 1.81. The normalized spacial score (nSPS) is 10.3. The summed E-state index contributed by atoms with van der Waals surface area (Å²) in [7, 11) is 3.48. The average Bonchev–Trinajstić information content (AvgIpc) is 2.76. The van der Waals surface area contributed by atoms with Crippen molar-refractivity contribution in [1.82, 2.24) is 9.78 Å². The molecule has 0 radical (unpaired) electrons. The second-order valence-electron chi connectivity index (χ2n) is 4.55. The number of carbonyl (C=O) groups excluding carboxylic acids is 1. The van der Waals surface area contributed by atoms with Crippen LogP contribution in [0.2, 0.25) is 0 Å². The van der Waals surface area contributed by atoms with Gasteiger partial charge in [0.05, 0.1) is 16.9 Å². The Balaban J connectivity index is 2.41. The summed E-state index contributed by atoms with van der Waals surface area (Å²) >= 11 is 5.03. The van der Waals surface area contributed by atoms with E-state index >= 15 is 0 Å². The summed E-state index contributed by atoms with van der Waals surface area (Å²) in [5, 5.41) is 4.18. The number of aromatic nitrogens is 2. The van der Waals surface area contributed by atoms with Crippen molar-refractivity contribution >= 4 is 28.8 Å². The third-order valence-electron chi connectivity index (χ3n) is 3.08. The molecular weight excluding hydrogens is 272 g/mol. The van der Waals surface area contributed by atoms with Crippen LogP contribution in [0.25, 0.3) is 0 Å². The van der Waals surface area contributed by atoms with Gasteiger partial charge in [-0.1, -0.05) is 24.4 Å². The lowest BCUT2D eigenvalue weighted by atomic mass is 10.1. The first-order valence-corrected chi connectivity index (χ1v) is 6.49. The lowest BCUT2D eigenvalue weighted by Crippen LogP contribution is -2.29. The van der Waals surface area contributed by atoms with Gasteiger partial charge in [0.15, 0.2) is 0 Å². The second kappa shape index (κ2) is 5.42. The number of aryl methyl sites for hydroxylation is 2. The van der Waals surface area contributed by atoms with Crippen molar-refractivity contribution in [2.45, 2.75) is 6.92 Å². The molecule has 0 bridgehead atoms. The monoisotopic (exact) mass is 288 g/mol. The number of nitrogens with two attached hydrogens (primary N) is 1. The molecule has 0 saturated heterocycles. The van der Waals surface area contributed by atoms with E-state index in [9.17, 15) is 4.79 Å². The van der Waals surface area contributed by atoms with Gasteiger partial charge in [0.2, 0.25) is 0 Å². The molecule has 104 valence electrons. The van der Waals surface area contributed by atoms with Crippen molar-refractivity contribution in [2.24, 2.45) is 12.8 Å². The Labute approximate surface area is 123 Å². The van der Waals surface area contributed by atoms with Crippen LogP contribution in [-0.4, -0.2) is 27.7 Å². The summed E-state index contributed by atoms with van der Waals surface area (Å²) in [5.74, 6) is -0.140. The Morgan fingerprint density at radius 1 is 1.35 bits per heavy atom. The van der Waals surface area contributed by atoms with Crippen LogP contribution in [0.1, 0.15) is 21.6 Å². The molecule has 5 nitrogen and oxygen atoms in total. The van der Waals surface area contributed by atoms with Gasteiger partial charge in [-0.25, -0.2) is 0 Å². The van der Waals surface area contributed by atoms with Crippen LogP contribution < -0.4 is 10.6 Å². The van der Waals surface area contributed by atoms with E-state index in [4.69, 9.17) is 18.0 Å². The fourth-order valence-corrected chi connectivity index (χ4v) is 2.25. The fourth-order valence-electron chi connectivity index (χ4n) is 2.07. The Morgan fingerprint density at radius 3 is 2.55 bits per heavy atom. The van der Waals surface area contributed by atoms with Crippen LogP contribution in [0.3, 0.4) is 0 Å². The Morgan fingerprint density at radius 2 is 2.00 bits per heavy atom. The second-order valence-corrected chi connectivity index (χ2v) is 4.99. The molecule has 0 fully saturated rings. The predicted molar refractivity (Wildman–Crippen MR) is 83.0 cm³/mol. The number of para-hydroxylation sites is 1. The van der Waals surface area contributed by atoms with Crippen LogP contribution in [0.15, 0.2) is 30.5 Å². The third-order valence-corrected chi connectivity index (χ3v) is 3.30. The quantitative estimate of drug-likeness (QED) is 0.872. The van der Waals surface area contributed by atoms with Crippen LogP contribution in [0.4, 0.5) is 5.69 Å². The van der Waals surface area contributed by atoms with Crippen molar-refractivity contribution in [2.75, 3.05) is 11.9 Å². The van der Waals surface area contributed by atoms with E-state index in [1.807, 2.05) is 18.2 Å². The van der Waals surface area contributed by atoms with E-state index in [1.54, 1.807) is 42.9 Å². The molecule has 0 aliphatic heterocycles. The maximum absolute atomic E-state index is 12.5. The number of anilines is 1. The number of nitrogens with zero attached hydrogens (tertiary/aromatic N) is 3. The summed E-state index contributed by atoms with van der Waals surface area (Å²) in [5.41, 5.74) is 8.33. The molecule has 2 N–H and O–H groups in total. The van der Waals surface area contributed by atoms with E-state index in [2.05, 4.69) is 5.10 Å². The highest BCUT2D eigenvalue weighted by Gasteiger charge is 2.20. The van der Waals surface area contributed by atoms with Gasteiger partial charge in [-0.15, -0.1) is 0 Å². The molecule has 1 aromatic heterocycles. The summed E-state index contributed by atoms with van der Waals surface area (Å²) < 4.78 is 1.62. The SMILES string of the molecule is Cc1nn(C)cc1C(=O)N(C)c1ccccc1C(N)=S. The van der Waals surface area contributed by atoms with Gasteiger partial charge < -0.3 is 10.6 Å². The number of thiocarbonyl (C=S) groups is 1. The van der Waals surface area contributed by atoms with Gasteiger partial charge in [-0.2, -0.15) is 5.10 Å². The summed E-state index contributed by atoms with van der Waals surface area (Å²) in [4.78, 5) is 14.3. The van der Waals surface area contributed by atoms with E-state index in [0.717, 1.165) is 0 Å². The number of rotatable bonds is 3. The highest BCUT2D eigenvalue weighted by atomic mass is 32.1. The summed E-state index contributed by atoms with van der Waals surface area (Å²) in [6.07, 6.45) is 1.71. The number of hydrogen-bond acceptors (Lipinski definition) is 3. The minimum absolute atomic E-state index is 0.140. The van der Waals surface area contributed by atoms with Crippen molar-refractivity contribution in [3.05, 3.63) is 47.3 Å². The largest absolute Gasteiger partial charge is 0.389 e. The van der Waals surface area contributed by atoms with Crippen LogP contribution in [0, 0.1) is 6.92 Å². The minimum atomic E-state index is -0.140. The molecule has 2 rings (SSSR count). The Kier molecular flexibility index (Phi) is 3.85. The van der Waals surface area contributed by atoms with Crippen LogP contribution in [0.5, 0.6) is 0 Å². The van der Waals surface area contributed by atoms with E-state index in [-0.39, 0.29) is 10.9 Å². The smallest absolute Gasteiger partial charge is 0.261 e. The van der Waals surface area contributed by atoms with Crippen molar-refractivity contribution < 1.29 is 4.79 Å². The molecule has 1 aromatic carbocycles. The summed E-state index contributed by atoms with van der Waals surface area (Å²) in [6, 6.07) is 7.30. The minimum Gasteiger partial charge on any atom is -0.389 e. The molecule has 0 aliphatic rings. The molecule has 20 heavy (non-hydrogen) atoms. The zero-order chi connectivity index (χ0) is 14.9. The van der Waals surface area contributed by atoms with E-state index in [0.29, 0.717) is 22.5 Å². The van der Waals surface area contributed by atoms with Crippen molar-refractivity contribution in [1.29, 1.82) is 0 Å². The highest BCUT2D eigenvalue weighted by molar-refractivity contribution is 7.80. The molecule has 0 spiro atoms. The average molecular weight is 288 g/mol. The number of hydrogen-bond donors (Lipinski definition) is 1. The molecule has 1 heterocycles. The molecule has 0 aliphatic carbocycles. The first kappa shape index (κ1) is 14.2. The molecule has 0 atom stereocenters. The highest BCUT2D eigenvalue weighted by Crippen LogP contribution is 2.21. The van der Waals surface area contributed by atoms with Gasteiger partial charge in [-0.05, 0) is 19.1 Å². The lowest BCUT2D eigenvalue weighted by molar-refractivity contribution is 0.0992. The van der Waals surface area contributed by atoms with Gasteiger partial charge >= 0.3 is 0 Å². The van der Waals surface area contributed by atoms with Gasteiger partial charge in [0.1, 0.15) is 4.99 Å². The van der Waals surface area contributed by atoms with Crippen LogP contribution >= 0.6 is 12.2 Å². The molecule has 2 aromatic rings.